The van der Waals surface area contributed by atoms with Crippen LogP contribution in [-0.2, 0) is 11.2 Å². The number of ether oxygens (including phenoxy) is 1. The van der Waals surface area contributed by atoms with E-state index in [0.29, 0.717) is 6.61 Å². The van der Waals surface area contributed by atoms with Crippen LogP contribution in [0.2, 0.25) is 0 Å². The van der Waals surface area contributed by atoms with Crippen LogP contribution in [0.25, 0.3) is 0 Å². The first-order chi connectivity index (χ1) is 10.2. The molecule has 0 saturated heterocycles. The molecule has 0 aliphatic carbocycles. The summed E-state index contributed by atoms with van der Waals surface area (Å²) in [4.78, 5) is 11.5. The Labute approximate surface area is 132 Å². The number of aryl methyl sites for hydroxylation is 1. The van der Waals surface area contributed by atoms with Gasteiger partial charge in [-0.1, -0.05) is 27.7 Å². The second kappa shape index (κ2) is 6.29. The number of amides is 1. The van der Waals surface area contributed by atoms with Crippen LogP contribution in [0, 0.1) is 5.41 Å². The van der Waals surface area contributed by atoms with Gasteiger partial charge < -0.3 is 15.2 Å². The largest absolute Gasteiger partial charge is 0.493 e. The molecule has 0 fully saturated rings. The highest BCUT2D eigenvalue weighted by Gasteiger charge is 2.29. The molecule has 0 spiro atoms. The highest BCUT2D eigenvalue weighted by Crippen LogP contribution is 2.41. The van der Waals surface area contributed by atoms with E-state index in [0.717, 1.165) is 35.3 Å². The SMILES string of the molecule is CCc1cc(C(O)C(C)(C)C)cc2c1OCCC2NC(C)=O. The van der Waals surface area contributed by atoms with Gasteiger partial charge >= 0.3 is 0 Å². The van der Waals surface area contributed by atoms with E-state index < -0.39 is 6.10 Å². The molecular weight excluding hydrogens is 278 g/mol. The molecule has 2 rings (SSSR count). The van der Waals surface area contributed by atoms with E-state index in [4.69, 9.17) is 4.74 Å². The van der Waals surface area contributed by atoms with Gasteiger partial charge in [0, 0.05) is 18.9 Å². The minimum Gasteiger partial charge on any atom is -0.493 e. The first kappa shape index (κ1) is 16.8. The molecule has 1 aliphatic rings. The lowest BCUT2D eigenvalue weighted by atomic mass is 9.82. The molecule has 0 bridgehead atoms. The molecule has 2 unspecified atom stereocenters. The number of carbonyl (C=O) groups excluding carboxylic acids is 1. The van der Waals surface area contributed by atoms with Crippen molar-refractivity contribution < 1.29 is 14.6 Å². The van der Waals surface area contributed by atoms with Gasteiger partial charge in [-0.2, -0.15) is 0 Å². The van der Waals surface area contributed by atoms with E-state index >= 15 is 0 Å². The molecule has 0 aromatic heterocycles. The third-order valence-corrected chi connectivity index (χ3v) is 4.14. The summed E-state index contributed by atoms with van der Waals surface area (Å²) in [5, 5.41) is 13.6. The fourth-order valence-electron chi connectivity index (χ4n) is 2.92. The quantitative estimate of drug-likeness (QED) is 0.901. The highest BCUT2D eigenvalue weighted by molar-refractivity contribution is 5.73. The molecule has 2 N–H and O–H groups in total. The Kier molecular flexibility index (Phi) is 4.81. The molecule has 1 amide bonds. The molecule has 1 aromatic carbocycles. The van der Waals surface area contributed by atoms with Gasteiger partial charge in [0.15, 0.2) is 0 Å². The lowest BCUT2D eigenvalue weighted by Crippen LogP contribution is -2.31. The van der Waals surface area contributed by atoms with Crippen LogP contribution >= 0.6 is 0 Å². The van der Waals surface area contributed by atoms with Gasteiger partial charge in [0.25, 0.3) is 0 Å². The van der Waals surface area contributed by atoms with E-state index in [2.05, 4.69) is 12.2 Å². The summed E-state index contributed by atoms with van der Waals surface area (Å²) in [5.74, 6) is 0.829. The van der Waals surface area contributed by atoms with Crippen molar-refractivity contribution >= 4 is 5.91 Å². The van der Waals surface area contributed by atoms with Crippen LogP contribution in [0.3, 0.4) is 0 Å². The average Bonchev–Trinajstić information content (AvgIpc) is 2.44. The van der Waals surface area contributed by atoms with Crippen molar-refractivity contribution in [2.45, 2.75) is 59.6 Å². The van der Waals surface area contributed by atoms with Gasteiger partial charge in [0.05, 0.1) is 18.8 Å². The minimum absolute atomic E-state index is 0.0429. The van der Waals surface area contributed by atoms with E-state index in [1.165, 1.54) is 6.92 Å². The molecule has 22 heavy (non-hydrogen) atoms. The van der Waals surface area contributed by atoms with Crippen molar-refractivity contribution in [2.24, 2.45) is 5.41 Å². The molecule has 0 radical (unpaired) electrons. The Hall–Kier alpha value is -1.55. The van der Waals surface area contributed by atoms with Gasteiger partial charge in [0.2, 0.25) is 5.91 Å². The number of aliphatic hydroxyl groups excluding tert-OH is 1. The van der Waals surface area contributed by atoms with Gasteiger partial charge in [-0.3, -0.25) is 4.79 Å². The van der Waals surface area contributed by atoms with Gasteiger partial charge in [-0.25, -0.2) is 0 Å². The molecule has 1 aliphatic heterocycles. The lowest BCUT2D eigenvalue weighted by molar-refractivity contribution is -0.119. The lowest BCUT2D eigenvalue weighted by Gasteiger charge is -2.32. The van der Waals surface area contributed by atoms with E-state index in [-0.39, 0.29) is 17.4 Å². The van der Waals surface area contributed by atoms with Gasteiger partial charge in [0.1, 0.15) is 5.75 Å². The number of hydrogen-bond acceptors (Lipinski definition) is 3. The van der Waals surface area contributed by atoms with Crippen molar-refractivity contribution in [1.29, 1.82) is 0 Å². The second-order valence-corrected chi connectivity index (χ2v) is 7.11. The van der Waals surface area contributed by atoms with Gasteiger partial charge in [-0.05, 0) is 35.1 Å². The Morgan fingerprint density at radius 1 is 1.45 bits per heavy atom. The molecule has 4 heteroatoms. The monoisotopic (exact) mass is 305 g/mol. The summed E-state index contributed by atoms with van der Waals surface area (Å²) >= 11 is 0. The number of benzene rings is 1. The van der Waals surface area contributed by atoms with E-state index in [1.807, 2.05) is 32.9 Å². The Bertz CT molecular complexity index is 560. The average molecular weight is 305 g/mol. The number of hydrogen-bond donors (Lipinski definition) is 2. The Morgan fingerprint density at radius 3 is 2.68 bits per heavy atom. The van der Waals surface area contributed by atoms with E-state index in [1.54, 1.807) is 0 Å². The molecule has 122 valence electrons. The summed E-state index contributed by atoms with van der Waals surface area (Å²) in [5.41, 5.74) is 2.73. The standard InChI is InChI=1S/C18H27NO3/c1-6-12-9-13(17(21)18(3,4)5)10-14-15(19-11(2)20)7-8-22-16(12)14/h9-10,15,17,21H,6-8H2,1-5H3,(H,19,20). The van der Waals surface area contributed by atoms with Crippen LogP contribution in [0.1, 0.15) is 69.9 Å². The zero-order valence-corrected chi connectivity index (χ0v) is 14.2. The normalized spacial score (nSPS) is 19.1. The summed E-state index contributed by atoms with van der Waals surface area (Å²) in [6, 6.07) is 3.98. The zero-order valence-electron chi connectivity index (χ0n) is 14.2. The molecular formula is C18H27NO3. The predicted molar refractivity (Wildman–Crippen MR) is 86.9 cm³/mol. The number of rotatable bonds is 3. The molecule has 4 nitrogen and oxygen atoms in total. The smallest absolute Gasteiger partial charge is 0.217 e. The van der Waals surface area contributed by atoms with Crippen molar-refractivity contribution in [1.82, 2.24) is 5.32 Å². The summed E-state index contributed by atoms with van der Waals surface area (Å²) in [6.45, 7) is 10.3. The first-order valence-corrected chi connectivity index (χ1v) is 7.98. The summed E-state index contributed by atoms with van der Waals surface area (Å²) in [7, 11) is 0. The summed E-state index contributed by atoms with van der Waals surface area (Å²) in [6.07, 6.45) is 1.04. The topological polar surface area (TPSA) is 58.6 Å². The fourth-order valence-corrected chi connectivity index (χ4v) is 2.92. The predicted octanol–water partition coefficient (Wildman–Crippen LogP) is 3.29. The van der Waals surface area contributed by atoms with Crippen LogP contribution in [0.5, 0.6) is 5.75 Å². The number of aliphatic hydroxyl groups is 1. The fraction of sp³-hybridized carbons (Fsp3) is 0.611. The summed E-state index contributed by atoms with van der Waals surface area (Å²) < 4.78 is 5.84. The molecule has 2 atom stereocenters. The van der Waals surface area contributed by atoms with E-state index in [9.17, 15) is 9.90 Å². The van der Waals surface area contributed by atoms with Crippen molar-refractivity contribution in [3.8, 4) is 5.75 Å². The molecule has 1 aromatic rings. The number of nitrogens with one attached hydrogen (secondary N) is 1. The third kappa shape index (κ3) is 3.43. The maximum atomic E-state index is 11.5. The Balaban J connectivity index is 2.50. The maximum Gasteiger partial charge on any atom is 0.217 e. The number of carbonyl (C=O) groups is 1. The number of fused-ring (bicyclic) bond motifs is 1. The van der Waals surface area contributed by atoms with Crippen molar-refractivity contribution in [3.05, 3.63) is 28.8 Å². The molecule has 1 heterocycles. The first-order valence-electron chi connectivity index (χ1n) is 7.98. The third-order valence-electron chi connectivity index (χ3n) is 4.14. The Morgan fingerprint density at radius 2 is 2.14 bits per heavy atom. The van der Waals surface area contributed by atoms with Crippen LogP contribution in [0.15, 0.2) is 12.1 Å². The maximum absolute atomic E-state index is 11.5. The van der Waals surface area contributed by atoms with Crippen LogP contribution in [-0.4, -0.2) is 17.6 Å². The second-order valence-electron chi connectivity index (χ2n) is 7.11. The molecule has 0 saturated carbocycles. The van der Waals surface area contributed by atoms with Crippen LogP contribution in [0.4, 0.5) is 0 Å². The minimum atomic E-state index is -0.553. The zero-order chi connectivity index (χ0) is 16.5. The van der Waals surface area contributed by atoms with Gasteiger partial charge in [-0.15, -0.1) is 0 Å². The van der Waals surface area contributed by atoms with Crippen molar-refractivity contribution in [2.75, 3.05) is 6.61 Å². The highest BCUT2D eigenvalue weighted by atomic mass is 16.5. The van der Waals surface area contributed by atoms with Crippen LogP contribution < -0.4 is 10.1 Å². The van der Waals surface area contributed by atoms with Crippen molar-refractivity contribution in [3.63, 3.8) is 0 Å².